The Morgan fingerprint density at radius 1 is 1.10 bits per heavy atom. The highest BCUT2D eigenvalue weighted by Gasteiger charge is 2.13. The summed E-state index contributed by atoms with van der Waals surface area (Å²) in [5.74, 6) is -0.251. The largest absolute Gasteiger partial charge is 0.324 e. The maximum atomic E-state index is 13.4. The van der Waals surface area contributed by atoms with Crippen molar-refractivity contribution in [3.05, 3.63) is 68.9 Å². The molecule has 0 radical (unpaired) electrons. The maximum absolute atomic E-state index is 13.4. The molecule has 1 aliphatic rings. The smallest absolute Gasteiger partial charge is 0.124 e. The van der Waals surface area contributed by atoms with Gasteiger partial charge in [-0.2, -0.15) is 0 Å². The van der Waals surface area contributed by atoms with Crippen LogP contribution in [0.25, 0.3) is 0 Å². The Kier molecular flexibility index (Phi) is 3.90. The van der Waals surface area contributed by atoms with Crippen LogP contribution in [0.1, 0.15) is 34.7 Å². The molecule has 0 bridgehead atoms. The van der Waals surface area contributed by atoms with Gasteiger partial charge in [0.05, 0.1) is 0 Å². The van der Waals surface area contributed by atoms with Crippen LogP contribution in [0.4, 0.5) is 4.39 Å². The van der Waals surface area contributed by atoms with Crippen LogP contribution >= 0.6 is 15.9 Å². The number of nitrogens with two attached hydrogens (primary N) is 1. The topological polar surface area (TPSA) is 26.0 Å². The Bertz CT molecular complexity index is 619. The average Bonchev–Trinajstić information content (AvgIpc) is 2.85. The molecule has 2 N–H and O–H groups in total. The summed E-state index contributed by atoms with van der Waals surface area (Å²) in [5.41, 5.74) is 11.2. The lowest BCUT2D eigenvalue weighted by molar-refractivity contribution is 0.617. The van der Waals surface area contributed by atoms with Gasteiger partial charge in [0.25, 0.3) is 0 Å². The van der Waals surface area contributed by atoms with Crippen molar-refractivity contribution in [1.82, 2.24) is 0 Å². The minimum absolute atomic E-state index is 0.179. The number of benzene rings is 2. The number of hydrogen-bond acceptors (Lipinski definition) is 1. The fourth-order valence-electron chi connectivity index (χ4n) is 2.91. The molecule has 0 heterocycles. The standard InChI is InChI=1S/C17H17BrFN/c18-15-8-14(9-16(19)10-15)17(20)7-11-4-5-12-2-1-3-13(12)6-11/h4-6,8-10,17H,1-3,7,20H2. The molecule has 1 atom stereocenters. The van der Waals surface area contributed by atoms with Crippen LogP contribution in [0.2, 0.25) is 0 Å². The van der Waals surface area contributed by atoms with E-state index in [4.69, 9.17) is 5.73 Å². The summed E-state index contributed by atoms with van der Waals surface area (Å²) in [5, 5.41) is 0. The van der Waals surface area contributed by atoms with E-state index in [-0.39, 0.29) is 11.9 Å². The Morgan fingerprint density at radius 3 is 2.70 bits per heavy atom. The minimum Gasteiger partial charge on any atom is -0.324 e. The first-order valence-electron chi connectivity index (χ1n) is 6.94. The Balaban J connectivity index is 1.80. The molecule has 1 unspecified atom stereocenters. The summed E-state index contributed by atoms with van der Waals surface area (Å²) in [6.07, 6.45) is 4.35. The third-order valence-electron chi connectivity index (χ3n) is 3.93. The summed E-state index contributed by atoms with van der Waals surface area (Å²) in [6.45, 7) is 0. The molecular formula is C17H17BrFN. The molecule has 3 heteroatoms. The summed E-state index contributed by atoms with van der Waals surface area (Å²) >= 11 is 3.31. The first-order valence-corrected chi connectivity index (χ1v) is 7.73. The number of fused-ring (bicyclic) bond motifs is 1. The molecule has 0 saturated carbocycles. The molecule has 1 nitrogen and oxygen atoms in total. The molecule has 1 aliphatic carbocycles. The van der Waals surface area contributed by atoms with Gasteiger partial charge in [0.1, 0.15) is 5.82 Å². The Morgan fingerprint density at radius 2 is 1.90 bits per heavy atom. The fraction of sp³-hybridized carbons (Fsp3) is 0.294. The van der Waals surface area contributed by atoms with Crippen LogP contribution in [-0.2, 0) is 19.3 Å². The van der Waals surface area contributed by atoms with E-state index < -0.39 is 0 Å². The van der Waals surface area contributed by atoms with Crippen LogP contribution in [0.3, 0.4) is 0 Å². The van der Waals surface area contributed by atoms with E-state index in [9.17, 15) is 4.39 Å². The van der Waals surface area contributed by atoms with Gasteiger partial charge in [0.2, 0.25) is 0 Å². The molecule has 0 saturated heterocycles. The summed E-state index contributed by atoms with van der Waals surface area (Å²) in [7, 11) is 0. The molecule has 104 valence electrons. The van der Waals surface area contributed by atoms with E-state index in [1.165, 1.54) is 48.1 Å². The average molecular weight is 334 g/mol. The number of rotatable bonds is 3. The lowest BCUT2D eigenvalue weighted by Crippen LogP contribution is -2.13. The molecule has 2 aromatic carbocycles. The van der Waals surface area contributed by atoms with Gasteiger partial charge in [-0.05, 0) is 66.1 Å². The zero-order chi connectivity index (χ0) is 14.1. The second-order valence-corrected chi connectivity index (χ2v) is 6.39. The SMILES string of the molecule is NC(Cc1ccc2c(c1)CCC2)c1cc(F)cc(Br)c1. The van der Waals surface area contributed by atoms with Crippen molar-refractivity contribution in [2.75, 3.05) is 0 Å². The molecule has 0 aromatic heterocycles. The number of halogens is 2. The molecule has 0 spiro atoms. The van der Waals surface area contributed by atoms with Crippen molar-refractivity contribution < 1.29 is 4.39 Å². The maximum Gasteiger partial charge on any atom is 0.124 e. The van der Waals surface area contributed by atoms with Crippen LogP contribution < -0.4 is 5.73 Å². The fourth-order valence-corrected chi connectivity index (χ4v) is 3.40. The highest BCUT2D eigenvalue weighted by molar-refractivity contribution is 9.10. The molecule has 3 rings (SSSR count). The highest BCUT2D eigenvalue weighted by Crippen LogP contribution is 2.26. The van der Waals surface area contributed by atoms with E-state index in [1.54, 1.807) is 0 Å². The predicted molar refractivity (Wildman–Crippen MR) is 83.2 cm³/mol. The molecule has 2 aromatic rings. The second-order valence-electron chi connectivity index (χ2n) is 5.47. The van der Waals surface area contributed by atoms with E-state index in [0.717, 1.165) is 16.5 Å². The van der Waals surface area contributed by atoms with Gasteiger partial charge in [-0.1, -0.05) is 34.1 Å². The van der Waals surface area contributed by atoms with Crippen LogP contribution in [0.15, 0.2) is 40.9 Å². The van der Waals surface area contributed by atoms with Gasteiger partial charge in [-0.3, -0.25) is 0 Å². The second kappa shape index (κ2) is 5.66. The van der Waals surface area contributed by atoms with Crippen molar-refractivity contribution in [2.24, 2.45) is 5.73 Å². The van der Waals surface area contributed by atoms with Gasteiger partial charge < -0.3 is 5.73 Å². The van der Waals surface area contributed by atoms with E-state index in [1.807, 2.05) is 6.07 Å². The first-order chi connectivity index (χ1) is 9.61. The Labute approximate surface area is 127 Å². The lowest BCUT2D eigenvalue weighted by Gasteiger charge is -2.14. The predicted octanol–water partition coefficient (Wildman–Crippen LogP) is 4.32. The summed E-state index contributed by atoms with van der Waals surface area (Å²) < 4.78 is 14.2. The molecule has 0 amide bonds. The van der Waals surface area contributed by atoms with Crippen LogP contribution in [0.5, 0.6) is 0 Å². The van der Waals surface area contributed by atoms with Crippen molar-refractivity contribution in [2.45, 2.75) is 31.7 Å². The minimum atomic E-state index is -0.251. The van der Waals surface area contributed by atoms with Crippen molar-refractivity contribution in [3.8, 4) is 0 Å². The highest BCUT2D eigenvalue weighted by atomic mass is 79.9. The monoisotopic (exact) mass is 333 g/mol. The van der Waals surface area contributed by atoms with E-state index in [0.29, 0.717) is 0 Å². The molecular weight excluding hydrogens is 317 g/mol. The third-order valence-corrected chi connectivity index (χ3v) is 4.39. The van der Waals surface area contributed by atoms with E-state index >= 15 is 0 Å². The first kappa shape index (κ1) is 13.8. The lowest BCUT2D eigenvalue weighted by atomic mass is 9.97. The van der Waals surface area contributed by atoms with Gasteiger partial charge >= 0.3 is 0 Å². The third kappa shape index (κ3) is 2.94. The summed E-state index contributed by atoms with van der Waals surface area (Å²) in [4.78, 5) is 0. The normalized spacial score (nSPS) is 15.2. The van der Waals surface area contributed by atoms with Crippen molar-refractivity contribution in [1.29, 1.82) is 0 Å². The quantitative estimate of drug-likeness (QED) is 0.889. The van der Waals surface area contributed by atoms with E-state index in [2.05, 4.69) is 34.1 Å². The van der Waals surface area contributed by atoms with Gasteiger partial charge in [0, 0.05) is 10.5 Å². The van der Waals surface area contributed by atoms with Gasteiger partial charge in [-0.25, -0.2) is 4.39 Å². The van der Waals surface area contributed by atoms with Crippen molar-refractivity contribution in [3.63, 3.8) is 0 Å². The van der Waals surface area contributed by atoms with Gasteiger partial charge in [0.15, 0.2) is 0 Å². The molecule has 20 heavy (non-hydrogen) atoms. The number of aryl methyl sites for hydroxylation is 2. The molecule has 0 aliphatic heterocycles. The molecule has 0 fully saturated rings. The van der Waals surface area contributed by atoms with Crippen LogP contribution in [-0.4, -0.2) is 0 Å². The van der Waals surface area contributed by atoms with Crippen molar-refractivity contribution >= 4 is 15.9 Å². The van der Waals surface area contributed by atoms with Gasteiger partial charge in [-0.15, -0.1) is 0 Å². The number of hydrogen-bond donors (Lipinski definition) is 1. The van der Waals surface area contributed by atoms with Crippen LogP contribution in [0, 0.1) is 5.82 Å². The summed E-state index contributed by atoms with van der Waals surface area (Å²) in [6, 6.07) is 11.3. The zero-order valence-corrected chi connectivity index (χ0v) is 12.8. The Hall–Kier alpha value is -1.19. The zero-order valence-electron chi connectivity index (χ0n) is 11.2.